The Balaban J connectivity index is 2.22. The second-order valence-electron chi connectivity index (χ2n) is 4.18. The van der Waals surface area contributed by atoms with Crippen LogP contribution in [0.15, 0.2) is 53.4 Å². The summed E-state index contributed by atoms with van der Waals surface area (Å²) in [6.07, 6.45) is 3.33. The minimum absolute atomic E-state index is 0.402. The maximum absolute atomic E-state index is 6.19. The highest BCUT2D eigenvalue weighted by atomic mass is 35.5. The van der Waals surface area contributed by atoms with Gasteiger partial charge >= 0.3 is 0 Å². The minimum Gasteiger partial charge on any atom is -0.448 e. The summed E-state index contributed by atoms with van der Waals surface area (Å²) >= 11 is 6.19. The first-order chi connectivity index (χ1) is 9.34. The first-order valence-corrected chi connectivity index (χ1v) is 6.17. The first-order valence-electron chi connectivity index (χ1n) is 5.80. The Kier molecular flexibility index (Phi) is 2.13. The minimum atomic E-state index is 0.402. The van der Waals surface area contributed by atoms with Crippen LogP contribution in [-0.4, -0.2) is 14.5 Å². The van der Waals surface area contributed by atoms with Crippen molar-refractivity contribution in [1.29, 1.82) is 0 Å². The van der Waals surface area contributed by atoms with E-state index in [0.717, 1.165) is 16.4 Å². The molecule has 0 saturated carbocycles. The number of fused-ring (bicyclic) bond motifs is 3. The summed E-state index contributed by atoms with van der Waals surface area (Å²) in [4.78, 5) is 8.69. The van der Waals surface area contributed by atoms with Gasteiger partial charge in [0.05, 0.1) is 17.3 Å². The molecule has 0 aliphatic heterocycles. The third kappa shape index (κ3) is 1.47. The maximum atomic E-state index is 6.19. The number of para-hydroxylation sites is 1. The molecule has 0 bridgehead atoms. The Morgan fingerprint density at radius 1 is 1.11 bits per heavy atom. The molecule has 0 radical (unpaired) electrons. The van der Waals surface area contributed by atoms with Gasteiger partial charge in [0.1, 0.15) is 11.8 Å². The molecule has 92 valence electrons. The van der Waals surface area contributed by atoms with E-state index in [1.54, 1.807) is 12.6 Å². The van der Waals surface area contributed by atoms with Gasteiger partial charge in [-0.2, -0.15) is 0 Å². The van der Waals surface area contributed by atoms with Crippen molar-refractivity contribution in [3.63, 3.8) is 0 Å². The van der Waals surface area contributed by atoms with Crippen LogP contribution in [-0.2, 0) is 0 Å². The summed E-state index contributed by atoms with van der Waals surface area (Å²) in [6.45, 7) is 0. The zero-order valence-corrected chi connectivity index (χ0v) is 10.5. The molecule has 3 heterocycles. The molecule has 4 nitrogen and oxygen atoms in total. The Morgan fingerprint density at radius 3 is 2.84 bits per heavy atom. The number of hydrogen-bond acceptors (Lipinski definition) is 3. The van der Waals surface area contributed by atoms with Crippen LogP contribution in [0.25, 0.3) is 27.8 Å². The molecule has 19 heavy (non-hydrogen) atoms. The third-order valence-electron chi connectivity index (χ3n) is 3.08. The molecule has 0 amide bonds. The SMILES string of the molecule is Clc1nc2ccccc2c2c1ncn2-c1ccco1. The number of nitrogens with zero attached hydrogens (tertiary/aromatic N) is 3. The van der Waals surface area contributed by atoms with Gasteiger partial charge in [-0.3, -0.25) is 4.57 Å². The normalized spacial score (nSPS) is 11.4. The molecular formula is C14H8ClN3O. The number of benzene rings is 1. The zero-order chi connectivity index (χ0) is 12.8. The van der Waals surface area contributed by atoms with Crippen LogP contribution in [0.3, 0.4) is 0 Å². The number of aromatic nitrogens is 3. The number of pyridine rings is 1. The molecule has 0 aliphatic rings. The van der Waals surface area contributed by atoms with Crippen molar-refractivity contribution in [1.82, 2.24) is 14.5 Å². The molecule has 0 atom stereocenters. The second-order valence-corrected chi connectivity index (χ2v) is 4.54. The van der Waals surface area contributed by atoms with Crippen molar-refractivity contribution in [3.8, 4) is 5.88 Å². The van der Waals surface area contributed by atoms with Gasteiger partial charge in [0, 0.05) is 11.5 Å². The van der Waals surface area contributed by atoms with Gasteiger partial charge in [0.25, 0.3) is 0 Å². The van der Waals surface area contributed by atoms with Gasteiger partial charge < -0.3 is 4.42 Å². The molecule has 0 fully saturated rings. The van der Waals surface area contributed by atoms with Crippen molar-refractivity contribution < 1.29 is 4.42 Å². The van der Waals surface area contributed by atoms with Gasteiger partial charge in [-0.25, -0.2) is 9.97 Å². The van der Waals surface area contributed by atoms with Crippen LogP contribution in [0.5, 0.6) is 0 Å². The van der Waals surface area contributed by atoms with E-state index in [9.17, 15) is 0 Å². The summed E-state index contributed by atoms with van der Waals surface area (Å²) < 4.78 is 7.31. The van der Waals surface area contributed by atoms with Gasteiger partial charge in [-0.15, -0.1) is 0 Å². The molecule has 4 rings (SSSR count). The molecule has 3 aromatic heterocycles. The predicted octanol–water partition coefficient (Wildman–Crippen LogP) is 3.82. The van der Waals surface area contributed by atoms with E-state index in [-0.39, 0.29) is 0 Å². The largest absolute Gasteiger partial charge is 0.448 e. The molecule has 0 unspecified atom stereocenters. The third-order valence-corrected chi connectivity index (χ3v) is 3.35. The van der Waals surface area contributed by atoms with Gasteiger partial charge in [0.15, 0.2) is 5.15 Å². The van der Waals surface area contributed by atoms with Crippen molar-refractivity contribution in [2.75, 3.05) is 0 Å². The summed E-state index contributed by atoms with van der Waals surface area (Å²) in [6, 6.07) is 11.6. The molecule has 1 aromatic carbocycles. The number of halogens is 1. The molecule has 5 heteroatoms. The molecular weight excluding hydrogens is 262 g/mol. The fraction of sp³-hybridized carbons (Fsp3) is 0. The average Bonchev–Trinajstić information content (AvgIpc) is 3.08. The Bertz CT molecular complexity index is 880. The van der Waals surface area contributed by atoms with E-state index < -0.39 is 0 Å². The molecule has 4 aromatic rings. The monoisotopic (exact) mass is 269 g/mol. The van der Waals surface area contributed by atoms with Crippen LogP contribution in [0.4, 0.5) is 0 Å². The molecule has 0 saturated heterocycles. The lowest BCUT2D eigenvalue weighted by Crippen LogP contribution is -1.91. The van der Waals surface area contributed by atoms with E-state index in [1.165, 1.54) is 0 Å². The molecule has 0 N–H and O–H groups in total. The van der Waals surface area contributed by atoms with Gasteiger partial charge in [0.2, 0.25) is 5.88 Å². The van der Waals surface area contributed by atoms with Crippen LogP contribution in [0.2, 0.25) is 5.15 Å². The van der Waals surface area contributed by atoms with Crippen LogP contribution in [0.1, 0.15) is 0 Å². The van der Waals surface area contributed by atoms with Crippen LogP contribution < -0.4 is 0 Å². The lowest BCUT2D eigenvalue weighted by atomic mass is 10.2. The van der Waals surface area contributed by atoms with E-state index in [4.69, 9.17) is 16.0 Å². The van der Waals surface area contributed by atoms with Gasteiger partial charge in [-0.05, 0) is 12.1 Å². The lowest BCUT2D eigenvalue weighted by Gasteiger charge is -2.04. The topological polar surface area (TPSA) is 43.9 Å². The number of rotatable bonds is 1. The maximum Gasteiger partial charge on any atom is 0.205 e. The fourth-order valence-electron chi connectivity index (χ4n) is 2.26. The predicted molar refractivity (Wildman–Crippen MR) is 73.6 cm³/mol. The molecule has 0 spiro atoms. The van der Waals surface area contributed by atoms with Crippen molar-refractivity contribution >= 4 is 33.5 Å². The number of imidazole rings is 1. The van der Waals surface area contributed by atoms with Crippen molar-refractivity contribution in [3.05, 3.63) is 54.1 Å². The van der Waals surface area contributed by atoms with E-state index in [2.05, 4.69) is 9.97 Å². The fourth-order valence-corrected chi connectivity index (χ4v) is 2.49. The smallest absolute Gasteiger partial charge is 0.205 e. The average molecular weight is 270 g/mol. The van der Waals surface area contributed by atoms with E-state index >= 15 is 0 Å². The van der Waals surface area contributed by atoms with Crippen LogP contribution in [0, 0.1) is 0 Å². The first kappa shape index (κ1) is 10.6. The summed E-state index contributed by atoms with van der Waals surface area (Å²) in [5.41, 5.74) is 2.43. The van der Waals surface area contributed by atoms with Gasteiger partial charge in [-0.1, -0.05) is 29.8 Å². The Morgan fingerprint density at radius 2 is 2.00 bits per heavy atom. The highest BCUT2D eigenvalue weighted by molar-refractivity contribution is 6.35. The standard InChI is InChI=1S/C14H8ClN3O/c15-14-12-13(9-4-1-2-5-10(9)17-14)18(8-16-12)11-6-3-7-19-11/h1-8H. The number of furan rings is 1. The van der Waals surface area contributed by atoms with Crippen molar-refractivity contribution in [2.24, 2.45) is 0 Å². The second kappa shape index (κ2) is 3.83. The van der Waals surface area contributed by atoms with E-state index in [0.29, 0.717) is 16.6 Å². The van der Waals surface area contributed by atoms with Crippen LogP contribution >= 0.6 is 11.6 Å². The number of hydrogen-bond donors (Lipinski definition) is 0. The Hall–Kier alpha value is -2.33. The highest BCUT2D eigenvalue weighted by Gasteiger charge is 2.14. The Labute approximate surface area is 113 Å². The quantitative estimate of drug-likeness (QED) is 0.493. The summed E-state index contributed by atoms with van der Waals surface area (Å²) in [5.74, 6) is 0.704. The summed E-state index contributed by atoms with van der Waals surface area (Å²) in [5, 5.41) is 1.40. The van der Waals surface area contributed by atoms with Crippen molar-refractivity contribution in [2.45, 2.75) is 0 Å². The highest BCUT2D eigenvalue weighted by Crippen LogP contribution is 2.30. The zero-order valence-electron chi connectivity index (χ0n) is 9.75. The molecule has 0 aliphatic carbocycles. The van der Waals surface area contributed by atoms with E-state index in [1.807, 2.05) is 41.0 Å². The lowest BCUT2D eigenvalue weighted by molar-refractivity contribution is 0.542. The summed E-state index contributed by atoms with van der Waals surface area (Å²) in [7, 11) is 0.